The van der Waals surface area contributed by atoms with Crippen LogP contribution in [0.4, 0.5) is 18.0 Å². The second-order valence-electron chi connectivity index (χ2n) is 6.50. The van der Waals surface area contributed by atoms with E-state index in [0.29, 0.717) is 12.1 Å². The molecule has 0 saturated heterocycles. The highest BCUT2D eigenvalue weighted by Gasteiger charge is 2.32. The number of amides is 1. The fourth-order valence-electron chi connectivity index (χ4n) is 1.97. The van der Waals surface area contributed by atoms with E-state index in [4.69, 9.17) is 4.74 Å². The van der Waals surface area contributed by atoms with E-state index in [0.717, 1.165) is 6.07 Å². The fourth-order valence-corrected chi connectivity index (χ4v) is 1.97. The highest BCUT2D eigenvalue weighted by Crippen LogP contribution is 2.35. The molecule has 0 aliphatic rings. The summed E-state index contributed by atoms with van der Waals surface area (Å²) in [6.07, 6.45) is -8.77. The number of alkyl carbamates (subject to hydrolysis) is 1. The number of carbonyl (C=O) groups is 1. The summed E-state index contributed by atoms with van der Waals surface area (Å²) in [5, 5.41) is 31.9. The summed E-state index contributed by atoms with van der Waals surface area (Å²) < 4.78 is 43.1. The van der Waals surface area contributed by atoms with Gasteiger partial charge in [-0.2, -0.15) is 13.2 Å². The van der Waals surface area contributed by atoms with E-state index >= 15 is 0 Å². The van der Waals surface area contributed by atoms with Crippen LogP contribution in [0.15, 0.2) is 18.2 Å². The zero-order valence-corrected chi connectivity index (χ0v) is 14.1. The molecule has 1 rings (SSSR count). The van der Waals surface area contributed by atoms with Crippen LogP contribution in [-0.2, 0) is 10.9 Å². The van der Waals surface area contributed by atoms with Gasteiger partial charge in [0.1, 0.15) is 17.5 Å². The summed E-state index contributed by atoms with van der Waals surface area (Å²) in [7, 11) is 0. The van der Waals surface area contributed by atoms with Crippen LogP contribution in [0.3, 0.4) is 0 Å². The first-order valence-corrected chi connectivity index (χ1v) is 7.54. The van der Waals surface area contributed by atoms with Crippen molar-refractivity contribution in [1.29, 1.82) is 0 Å². The lowest BCUT2D eigenvalue weighted by molar-refractivity contribution is -0.137. The van der Waals surface area contributed by atoms with Crippen LogP contribution >= 0.6 is 0 Å². The van der Waals surface area contributed by atoms with Crippen molar-refractivity contribution in [3.63, 3.8) is 0 Å². The second kappa shape index (κ2) is 7.92. The first-order valence-electron chi connectivity index (χ1n) is 7.54. The Labute approximate surface area is 143 Å². The largest absolute Gasteiger partial charge is 0.508 e. The summed E-state index contributed by atoms with van der Waals surface area (Å²) in [5.74, 6) is -0.570. The molecular weight excluding hydrogens is 343 g/mol. The van der Waals surface area contributed by atoms with Gasteiger partial charge < -0.3 is 25.4 Å². The Kier molecular flexibility index (Phi) is 6.67. The SMILES string of the molecule is CC(C)(C)OC(=O)NCCC(O)C(O)c1cc(C(F)(F)F)ccc1O. The number of aromatic hydroxyl groups is 1. The van der Waals surface area contributed by atoms with Crippen molar-refractivity contribution in [2.24, 2.45) is 0 Å². The van der Waals surface area contributed by atoms with Crippen LogP contribution in [0, 0.1) is 0 Å². The summed E-state index contributed by atoms with van der Waals surface area (Å²) in [6, 6.07) is 2.04. The third-order valence-electron chi connectivity index (χ3n) is 3.15. The molecule has 0 fully saturated rings. The van der Waals surface area contributed by atoms with E-state index in [-0.39, 0.29) is 13.0 Å². The highest BCUT2D eigenvalue weighted by atomic mass is 19.4. The van der Waals surface area contributed by atoms with Crippen molar-refractivity contribution < 1.29 is 38.0 Å². The van der Waals surface area contributed by atoms with Crippen LogP contribution in [-0.4, -0.2) is 39.7 Å². The quantitative estimate of drug-likeness (QED) is 0.643. The van der Waals surface area contributed by atoms with Crippen molar-refractivity contribution in [2.75, 3.05) is 6.54 Å². The maximum Gasteiger partial charge on any atom is 0.416 e. The number of aliphatic hydroxyl groups is 2. The van der Waals surface area contributed by atoms with Gasteiger partial charge in [0.15, 0.2) is 0 Å². The molecular formula is C16H22F3NO5. The zero-order chi connectivity index (χ0) is 19.4. The average molecular weight is 365 g/mol. The van der Waals surface area contributed by atoms with Crippen LogP contribution in [0.25, 0.3) is 0 Å². The van der Waals surface area contributed by atoms with Crippen molar-refractivity contribution in [3.05, 3.63) is 29.3 Å². The van der Waals surface area contributed by atoms with Gasteiger partial charge in [-0.3, -0.25) is 0 Å². The van der Waals surface area contributed by atoms with Crippen molar-refractivity contribution in [3.8, 4) is 5.75 Å². The summed E-state index contributed by atoms with van der Waals surface area (Å²) in [6.45, 7) is 4.93. The Balaban J connectivity index is 2.68. The molecule has 2 unspecified atom stereocenters. The van der Waals surface area contributed by atoms with E-state index in [1.807, 2.05) is 0 Å². The van der Waals surface area contributed by atoms with Gasteiger partial charge in [-0.1, -0.05) is 0 Å². The van der Waals surface area contributed by atoms with Gasteiger partial charge >= 0.3 is 12.3 Å². The number of hydrogen-bond acceptors (Lipinski definition) is 5. The molecule has 0 aromatic heterocycles. The molecule has 0 radical (unpaired) electrons. The molecule has 142 valence electrons. The Morgan fingerprint density at radius 1 is 1.24 bits per heavy atom. The van der Waals surface area contributed by atoms with Crippen LogP contribution in [0.1, 0.15) is 44.4 Å². The molecule has 25 heavy (non-hydrogen) atoms. The minimum Gasteiger partial charge on any atom is -0.508 e. The molecule has 1 aromatic rings. The molecule has 1 amide bonds. The number of carbonyl (C=O) groups excluding carboxylic acids is 1. The van der Waals surface area contributed by atoms with Crippen molar-refractivity contribution in [1.82, 2.24) is 5.32 Å². The minimum absolute atomic E-state index is 0.0765. The number of alkyl halides is 3. The lowest BCUT2D eigenvalue weighted by Crippen LogP contribution is -2.34. The predicted octanol–water partition coefficient (Wildman–Crippen LogP) is 2.72. The van der Waals surface area contributed by atoms with Gasteiger partial charge in [-0.25, -0.2) is 4.79 Å². The highest BCUT2D eigenvalue weighted by molar-refractivity contribution is 5.67. The van der Waals surface area contributed by atoms with Gasteiger partial charge in [0.2, 0.25) is 0 Å². The summed E-state index contributed by atoms with van der Waals surface area (Å²) in [4.78, 5) is 11.4. The second-order valence-corrected chi connectivity index (χ2v) is 6.50. The van der Waals surface area contributed by atoms with Gasteiger partial charge in [0.05, 0.1) is 11.7 Å². The molecule has 0 saturated carbocycles. The fraction of sp³-hybridized carbons (Fsp3) is 0.562. The third-order valence-corrected chi connectivity index (χ3v) is 3.15. The van der Waals surface area contributed by atoms with E-state index < -0.39 is 47.0 Å². The molecule has 2 atom stereocenters. The summed E-state index contributed by atoms with van der Waals surface area (Å²) in [5.41, 5.74) is -2.20. The standard InChI is InChI=1S/C16H22F3NO5/c1-15(2,3)25-14(24)20-7-6-12(22)13(23)10-8-9(16(17,18)19)4-5-11(10)21/h4-5,8,12-13,21-23H,6-7H2,1-3H3,(H,20,24). The number of halogens is 3. The average Bonchev–Trinajstić information content (AvgIpc) is 2.43. The van der Waals surface area contributed by atoms with E-state index in [1.54, 1.807) is 20.8 Å². The van der Waals surface area contributed by atoms with E-state index in [1.165, 1.54) is 0 Å². The monoisotopic (exact) mass is 365 g/mol. The van der Waals surface area contributed by atoms with E-state index in [9.17, 15) is 33.3 Å². The zero-order valence-electron chi connectivity index (χ0n) is 14.1. The summed E-state index contributed by atoms with van der Waals surface area (Å²) >= 11 is 0. The minimum atomic E-state index is -4.65. The van der Waals surface area contributed by atoms with Crippen LogP contribution in [0.2, 0.25) is 0 Å². The molecule has 0 heterocycles. The van der Waals surface area contributed by atoms with Gasteiger partial charge in [0, 0.05) is 12.1 Å². The maximum absolute atomic E-state index is 12.7. The van der Waals surface area contributed by atoms with Crippen molar-refractivity contribution >= 4 is 6.09 Å². The molecule has 0 spiro atoms. The smallest absolute Gasteiger partial charge is 0.416 e. The normalized spacial score (nSPS) is 14.7. The number of aliphatic hydroxyl groups excluding tert-OH is 2. The number of hydrogen-bond donors (Lipinski definition) is 4. The van der Waals surface area contributed by atoms with Gasteiger partial charge in [0.25, 0.3) is 0 Å². The molecule has 4 N–H and O–H groups in total. The number of phenols is 1. The molecule has 9 heteroatoms. The Morgan fingerprint density at radius 3 is 2.36 bits per heavy atom. The molecule has 6 nitrogen and oxygen atoms in total. The topological polar surface area (TPSA) is 99.0 Å². The number of phenolic OH excluding ortho intramolecular Hbond substituents is 1. The molecule has 0 bridgehead atoms. The molecule has 0 aliphatic carbocycles. The number of rotatable bonds is 5. The number of benzene rings is 1. The number of ether oxygens (including phenoxy) is 1. The predicted molar refractivity (Wildman–Crippen MR) is 82.9 cm³/mol. The Bertz CT molecular complexity index is 598. The molecule has 0 aliphatic heterocycles. The van der Waals surface area contributed by atoms with E-state index in [2.05, 4.69) is 5.32 Å². The molecule has 1 aromatic carbocycles. The van der Waals surface area contributed by atoms with Gasteiger partial charge in [-0.05, 0) is 45.4 Å². The van der Waals surface area contributed by atoms with Gasteiger partial charge in [-0.15, -0.1) is 0 Å². The number of nitrogens with one attached hydrogen (secondary N) is 1. The lowest BCUT2D eigenvalue weighted by atomic mass is 9.99. The first kappa shape index (κ1) is 21.0. The lowest BCUT2D eigenvalue weighted by Gasteiger charge is -2.22. The third kappa shape index (κ3) is 6.79. The Morgan fingerprint density at radius 2 is 1.84 bits per heavy atom. The maximum atomic E-state index is 12.7. The van der Waals surface area contributed by atoms with Crippen molar-refractivity contribution in [2.45, 2.75) is 51.2 Å². The van der Waals surface area contributed by atoms with Crippen LogP contribution < -0.4 is 5.32 Å². The Hall–Kier alpha value is -2.00. The first-order chi connectivity index (χ1) is 11.3. The van der Waals surface area contributed by atoms with Crippen LogP contribution in [0.5, 0.6) is 5.75 Å².